The number of rotatable bonds is 5. The number of nitrogens with one attached hydrogen (secondary N) is 1. The Hall–Kier alpha value is -2.95. The number of halogens is 3. The lowest BCUT2D eigenvalue weighted by atomic mass is 9.87. The molecular formula is C29H36F3N5O2. The number of likely N-dealkylation sites (tertiary alicyclic amines) is 1. The summed E-state index contributed by atoms with van der Waals surface area (Å²) >= 11 is 0. The van der Waals surface area contributed by atoms with Gasteiger partial charge < -0.3 is 15.0 Å². The number of benzene rings is 1. The molecule has 1 aromatic heterocycles. The van der Waals surface area contributed by atoms with Gasteiger partial charge in [0.15, 0.2) is 0 Å². The van der Waals surface area contributed by atoms with Crippen LogP contribution in [0.15, 0.2) is 48.8 Å². The zero-order valence-electron chi connectivity index (χ0n) is 22.5. The van der Waals surface area contributed by atoms with Gasteiger partial charge in [-0.2, -0.15) is 13.2 Å². The zero-order chi connectivity index (χ0) is 27.6. The third-order valence-electron chi connectivity index (χ3n) is 8.11. The fraction of sp³-hybridized carbons (Fsp3) is 0.517. The highest BCUT2D eigenvalue weighted by molar-refractivity contribution is 5.90. The largest absolute Gasteiger partial charge is 0.389 e. The van der Waals surface area contributed by atoms with Crippen LogP contribution >= 0.6 is 0 Å². The Morgan fingerprint density at radius 1 is 1.13 bits per heavy atom. The molecule has 0 bridgehead atoms. The Bertz CT molecular complexity index is 1180. The van der Waals surface area contributed by atoms with Crippen LogP contribution in [-0.2, 0) is 4.74 Å². The Morgan fingerprint density at radius 3 is 2.59 bits per heavy atom. The van der Waals surface area contributed by atoms with Gasteiger partial charge in [-0.1, -0.05) is 6.07 Å². The fourth-order valence-corrected chi connectivity index (χ4v) is 6.00. The quantitative estimate of drug-likeness (QED) is 0.554. The average Bonchev–Trinajstić information content (AvgIpc) is 3.38. The van der Waals surface area contributed by atoms with E-state index in [-0.39, 0.29) is 24.8 Å². The van der Waals surface area contributed by atoms with E-state index < -0.39 is 18.5 Å². The summed E-state index contributed by atoms with van der Waals surface area (Å²) in [5, 5.41) is 2.93. The number of morpholine rings is 1. The first-order valence-electron chi connectivity index (χ1n) is 13.6. The van der Waals surface area contributed by atoms with E-state index in [0.29, 0.717) is 31.9 Å². The van der Waals surface area contributed by atoms with E-state index in [1.807, 2.05) is 30.6 Å². The van der Waals surface area contributed by atoms with Crippen molar-refractivity contribution in [1.82, 2.24) is 19.7 Å². The molecule has 2 saturated heterocycles. The molecule has 3 unspecified atom stereocenters. The number of ether oxygens (including phenoxy) is 1. The molecule has 3 aliphatic rings. The van der Waals surface area contributed by atoms with E-state index in [2.05, 4.69) is 52.3 Å². The molecule has 10 heteroatoms. The molecule has 0 aliphatic carbocycles. The Kier molecular flexibility index (Phi) is 8.25. The van der Waals surface area contributed by atoms with Crippen molar-refractivity contribution in [2.45, 2.75) is 44.6 Å². The van der Waals surface area contributed by atoms with E-state index in [4.69, 9.17) is 4.74 Å². The Morgan fingerprint density at radius 2 is 1.87 bits per heavy atom. The average molecular weight is 544 g/mol. The van der Waals surface area contributed by atoms with Crippen molar-refractivity contribution in [3.05, 3.63) is 65.5 Å². The first-order valence-corrected chi connectivity index (χ1v) is 13.6. The van der Waals surface area contributed by atoms with Gasteiger partial charge in [0, 0.05) is 56.7 Å². The minimum Gasteiger partial charge on any atom is -0.379 e. The Balaban J connectivity index is 1.37. The second-order valence-electron chi connectivity index (χ2n) is 10.8. The number of aromatic nitrogens is 1. The van der Waals surface area contributed by atoms with Crippen LogP contribution in [0, 0.1) is 12.8 Å². The summed E-state index contributed by atoms with van der Waals surface area (Å²) in [6.45, 7) is 5.62. The third kappa shape index (κ3) is 6.62. The maximum atomic E-state index is 12.9. The number of carbonyl (C=O) groups is 1. The lowest BCUT2D eigenvalue weighted by Crippen LogP contribution is -2.52. The topological polar surface area (TPSA) is 60.9 Å². The molecule has 1 aromatic carbocycles. The van der Waals surface area contributed by atoms with Crippen molar-refractivity contribution in [3.63, 3.8) is 0 Å². The summed E-state index contributed by atoms with van der Waals surface area (Å²) in [6, 6.07) is 9.76. The summed E-state index contributed by atoms with van der Waals surface area (Å²) in [6.07, 6.45) is 2.15. The summed E-state index contributed by atoms with van der Waals surface area (Å²) in [5.41, 5.74) is 5.20. The van der Waals surface area contributed by atoms with Crippen LogP contribution in [0.5, 0.6) is 0 Å². The number of pyridine rings is 1. The first-order chi connectivity index (χ1) is 18.7. The number of carbonyl (C=O) groups excluding carboxylic acids is 1. The molecule has 0 radical (unpaired) electrons. The maximum Gasteiger partial charge on any atom is 0.389 e. The molecule has 0 saturated carbocycles. The second kappa shape index (κ2) is 11.7. The SMILES string of the molecule is Cc1ccc(NC(=O)N2CCC(CC(F)(F)F)C2)cc1C1=CC(N2CCOCC2)N(C)C(c2ccncc2)C1. The van der Waals surface area contributed by atoms with Crippen LogP contribution in [0.1, 0.15) is 42.0 Å². The van der Waals surface area contributed by atoms with E-state index >= 15 is 0 Å². The lowest BCUT2D eigenvalue weighted by Gasteiger charge is -2.45. The van der Waals surface area contributed by atoms with Crippen molar-refractivity contribution < 1.29 is 22.7 Å². The molecule has 2 amide bonds. The summed E-state index contributed by atoms with van der Waals surface area (Å²) in [4.78, 5) is 23.4. The summed E-state index contributed by atoms with van der Waals surface area (Å²) in [7, 11) is 2.16. The van der Waals surface area contributed by atoms with E-state index in [0.717, 1.165) is 30.6 Å². The standard InChI is InChI=1S/C29H36F3N5O2/c1-20-3-4-24(34-28(38)37-10-7-21(19-37)18-29(30,31)32)17-25(20)23-15-26(22-5-8-33-9-6-22)35(2)27(16-23)36-11-13-39-14-12-36/h3-6,8-9,16-17,21,26-27H,7,10-15,18-19H2,1-2H3,(H,34,38). The third-order valence-corrected chi connectivity index (χ3v) is 8.11. The highest BCUT2D eigenvalue weighted by atomic mass is 19.4. The number of hydrogen-bond acceptors (Lipinski definition) is 5. The fourth-order valence-electron chi connectivity index (χ4n) is 6.00. The van der Waals surface area contributed by atoms with Crippen LogP contribution in [0.25, 0.3) is 5.57 Å². The molecule has 3 aliphatic heterocycles. The van der Waals surface area contributed by atoms with Crippen LogP contribution < -0.4 is 5.32 Å². The van der Waals surface area contributed by atoms with E-state index in [1.54, 1.807) is 0 Å². The minimum atomic E-state index is -4.21. The lowest BCUT2D eigenvalue weighted by molar-refractivity contribution is -0.143. The number of urea groups is 1. The number of alkyl halides is 3. The summed E-state index contributed by atoms with van der Waals surface area (Å²) < 4.78 is 44.0. The van der Waals surface area contributed by atoms with Gasteiger partial charge in [-0.05, 0) is 85.3 Å². The van der Waals surface area contributed by atoms with Crippen molar-refractivity contribution >= 4 is 17.3 Å². The van der Waals surface area contributed by atoms with Gasteiger partial charge >= 0.3 is 12.2 Å². The van der Waals surface area contributed by atoms with Crippen LogP contribution in [0.4, 0.5) is 23.7 Å². The van der Waals surface area contributed by atoms with Crippen molar-refractivity contribution in [2.24, 2.45) is 5.92 Å². The van der Waals surface area contributed by atoms with Gasteiger partial charge in [0.2, 0.25) is 0 Å². The predicted molar refractivity (Wildman–Crippen MR) is 144 cm³/mol. The number of amides is 2. The van der Waals surface area contributed by atoms with Crippen molar-refractivity contribution in [2.75, 3.05) is 51.8 Å². The molecule has 3 atom stereocenters. The van der Waals surface area contributed by atoms with E-state index in [1.165, 1.54) is 16.0 Å². The highest BCUT2D eigenvalue weighted by Crippen LogP contribution is 2.40. The van der Waals surface area contributed by atoms with Gasteiger partial charge in [0.05, 0.1) is 19.4 Å². The molecule has 5 rings (SSSR count). The molecule has 0 spiro atoms. The normalized spacial score (nSPS) is 25.0. The number of anilines is 1. The molecule has 2 fully saturated rings. The van der Waals surface area contributed by atoms with Gasteiger partial charge in [-0.15, -0.1) is 0 Å². The number of hydrogen-bond donors (Lipinski definition) is 1. The van der Waals surface area contributed by atoms with Crippen LogP contribution in [-0.4, -0.2) is 84.5 Å². The molecule has 4 heterocycles. The van der Waals surface area contributed by atoms with Gasteiger partial charge in [-0.25, -0.2) is 4.79 Å². The second-order valence-corrected chi connectivity index (χ2v) is 10.8. The molecule has 39 heavy (non-hydrogen) atoms. The smallest absolute Gasteiger partial charge is 0.379 e. The Labute approximate surface area is 227 Å². The zero-order valence-corrected chi connectivity index (χ0v) is 22.5. The number of likely N-dealkylation sites (N-methyl/N-ethyl adjacent to an activating group) is 1. The maximum absolute atomic E-state index is 12.9. The van der Waals surface area contributed by atoms with Crippen LogP contribution in [0.3, 0.4) is 0 Å². The van der Waals surface area contributed by atoms with Crippen molar-refractivity contribution in [1.29, 1.82) is 0 Å². The molecule has 1 N–H and O–H groups in total. The first kappa shape index (κ1) is 27.6. The van der Waals surface area contributed by atoms with Gasteiger partial charge in [0.1, 0.15) is 0 Å². The molecular weight excluding hydrogens is 507 g/mol. The summed E-state index contributed by atoms with van der Waals surface area (Å²) in [5.74, 6) is -0.545. The molecule has 2 aromatic rings. The predicted octanol–water partition coefficient (Wildman–Crippen LogP) is 5.31. The highest BCUT2D eigenvalue weighted by Gasteiger charge is 2.37. The van der Waals surface area contributed by atoms with Crippen LogP contribution in [0.2, 0.25) is 0 Å². The number of nitrogens with zero attached hydrogens (tertiary/aromatic N) is 4. The molecule has 7 nitrogen and oxygen atoms in total. The number of aryl methyl sites for hydroxylation is 1. The van der Waals surface area contributed by atoms with Gasteiger partial charge in [-0.3, -0.25) is 14.8 Å². The van der Waals surface area contributed by atoms with Crippen molar-refractivity contribution in [3.8, 4) is 0 Å². The van der Waals surface area contributed by atoms with Gasteiger partial charge in [0.25, 0.3) is 0 Å². The minimum absolute atomic E-state index is 0.0867. The molecule has 210 valence electrons. The van der Waals surface area contributed by atoms with E-state index in [9.17, 15) is 18.0 Å². The monoisotopic (exact) mass is 543 g/mol.